The number of nitrogens with two attached hydrogens (primary N) is 1. The lowest BCUT2D eigenvalue weighted by atomic mass is 10.3. The van der Waals surface area contributed by atoms with E-state index in [1.54, 1.807) is 0 Å². The third-order valence-electron chi connectivity index (χ3n) is 0.901. The van der Waals surface area contributed by atoms with Crippen LogP contribution in [0.2, 0.25) is 0 Å². The Morgan fingerprint density at radius 2 is 2.50 bits per heavy atom. The Morgan fingerprint density at radius 1 is 1.75 bits per heavy atom. The molecule has 0 aromatic rings. The van der Waals surface area contributed by atoms with Gasteiger partial charge in [0.2, 0.25) is 0 Å². The van der Waals surface area contributed by atoms with Gasteiger partial charge in [-0.3, -0.25) is 4.79 Å². The van der Waals surface area contributed by atoms with E-state index in [9.17, 15) is 4.79 Å². The van der Waals surface area contributed by atoms with Gasteiger partial charge in [0, 0.05) is 6.20 Å². The molecule has 0 bridgehead atoms. The quantitative estimate of drug-likeness (QED) is 0.356. The van der Waals surface area contributed by atoms with Crippen LogP contribution in [-0.4, -0.2) is 12.3 Å². The zero-order chi connectivity index (χ0) is 5.98. The first kappa shape index (κ1) is 5.11. The summed E-state index contributed by atoms with van der Waals surface area (Å²) in [5, 5.41) is 0. The van der Waals surface area contributed by atoms with Gasteiger partial charge >= 0.3 is 0 Å². The largest absolute Gasteiger partial charge is 0.395 e. The Hall–Kier alpha value is -1.03. The zero-order valence-electron chi connectivity index (χ0n) is 4.27. The molecule has 1 rings (SSSR count). The lowest BCUT2D eigenvalue weighted by Gasteiger charge is -2.09. The van der Waals surface area contributed by atoms with Gasteiger partial charge in [-0.1, -0.05) is 0 Å². The summed E-state index contributed by atoms with van der Waals surface area (Å²) in [6, 6.07) is 0. The van der Waals surface area contributed by atoms with Crippen molar-refractivity contribution in [2.24, 2.45) is 5.73 Å². The summed E-state index contributed by atoms with van der Waals surface area (Å²) >= 11 is 0. The number of rotatable bonds is 0. The Bertz CT molecular complexity index is 140. The summed E-state index contributed by atoms with van der Waals surface area (Å²) in [4.78, 5) is 10.5. The topological polar surface area (TPSA) is 67.2 Å². The van der Waals surface area contributed by atoms with Gasteiger partial charge in [0.1, 0.15) is 0 Å². The van der Waals surface area contributed by atoms with Crippen LogP contribution in [0.15, 0.2) is 11.9 Å². The molecule has 4 heteroatoms. The molecule has 44 valence electrons. The van der Waals surface area contributed by atoms with Crippen LogP contribution in [0.3, 0.4) is 0 Å². The van der Waals surface area contributed by atoms with Crippen molar-refractivity contribution in [3.05, 3.63) is 11.9 Å². The fraction of sp³-hybridized carbons (Fsp3) is 0.250. The van der Waals surface area contributed by atoms with E-state index < -0.39 is 0 Å². The highest BCUT2D eigenvalue weighted by Crippen LogP contribution is 1.85. The molecule has 4 N–H and O–H groups in total. The van der Waals surface area contributed by atoms with Crippen LogP contribution in [0.5, 0.6) is 0 Å². The average molecular weight is 113 g/mol. The highest BCUT2D eigenvalue weighted by Gasteiger charge is 2.06. The fourth-order valence-electron chi connectivity index (χ4n) is 0.443. The molecule has 0 aliphatic carbocycles. The molecular weight excluding hydrogens is 106 g/mol. The summed E-state index contributed by atoms with van der Waals surface area (Å²) in [5.41, 5.74) is 10.7. The third-order valence-corrected chi connectivity index (χ3v) is 0.901. The van der Waals surface area contributed by atoms with Crippen molar-refractivity contribution in [3.63, 3.8) is 0 Å². The highest BCUT2D eigenvalue weighted by molar-refractivity contribution is 5.96. The van der Waals surface area contributed by atoms with Crippen LogP contribution in [0.1, 0.15) is 0 Å². The molecular formula is C4H7N3O. The number of carbonyl (C=O) groups is 1. The molecule has 1 aliphatic heterocycles. The van der Waals surface area contributed by atoms with Crippen LogP contribution in [0, 0.1) is 0 Å². The number of nitrogens with one attached hydrogen (secondary N) is 2. The second kappa shape index (κ2) is 1.83. The van der Waals surface area contributed by atoms with Crippen LogP contribution in [0.25, 0.3) is 0 Å². The van der Waals surface area contributed by atoms with Gasteiger partial charge in [-0.15, -0.1) is 0 Å². The molecule has 1 heterocycles. The lowest BCUT2D eigenvalue weighted by molar-refractivity contribution is -0.115. The summed E-state index contributed by atoms with van der Waals surface area (Å²) in [7, 11) is 0. The van der Waals surface area contributed by atoms with Gasteiger partial charge < -0.3 is 11.2 Å². The SMILES string of the molecule is NC1=CNNCC1=O. The van der Waals surface area contributed by atoms with Crippen molar-refractivity contribution in [3.8, 4) is 0 Å². The summed E-state index contributed by atoms with van der Waals surface area (Å²) in [6.07, 6.45) is 1.44. The minimum atomic E-state index is -0.0660. The van der Waals surface area contributed by atoms with Gasteiger partial charge in [-0.2, -0.15) is 0 Å². The standard InChI is InChI=1S/C4H7N3O/c5-3-1-6-7-2-4(3)8/h1,6-7H,2,5H2. The molecule has 0 amide bonds. The van der Waals surface area contributed by atoms with Crippen LogP contribution in [0.4, 0.5) is 0 Å². The highest BCUT2D eigenvalue weighted by atomic mass is 16.1. The average Bonchev–Trinajstić information content (AvgIpc) is 1.77. The van der Waals surface area contributed by atoms with Gasteiger partial charge in [-0.05, 0) is 0 Å². The molecule has 0 atom stereocenters. The maximum atomic E-state index is 10.5. The molecule has 0 aromatic heterocycles. The Balaban J connectivity index is 2.67. The van der Waals surface area contributed by atoms with Crippen LogP contribution >= 0.6 is 0 Å². The molecule has 0 fully saturated rings. The Kier molecular flexibility index (Phi) is 1.17. The molecule has 4 nitrogen and oxygen atoms in total. The predicted octanol–water partition coefficient (Wildman–Crippen LogP) is -1.54. The third kappa shape index (κ3) is 0.788. The van der Waals surface area contributed by atoms with Crippen molar-refractivity contribution in [2.45, 2.75) is 0 Å². The van der Waals surface area contributed by atoms with Gasteiger partial charge in [0.25, 0.3) is 0 Å². The van der Waals surface area contributed by atoms with E-state index >= 15 is 0 Å². The van der Waals surface area contributed by atoms with E-state index in [4.69, 9.17) is 5.73 Å². The van der Waals surface area contributed by atoms with E-state index in [0.717, 1.165) is 0 Å². The van der Waals surface area contributed by atoms with Crippen molar-refractivity contribution in [2.75, 3.05) is 6.54 Å². The predicted molar refractivity (Wildman–Crippen MR) is 28.4 cm³/mol. The second-order valence-electron chi connectivity index (χ2n) is 1.52. The second-order valence-corrected chi connectivity index (χ2v) is 1.52. The van der Waals surface area contributed by atoms with Gasteiger partial charge in [-0.25, -0.2) is 5.43 Å². The smallest absolute Gasteiger partial charge is 0.195 e. The fourth-order valence-corrected chi connectivity index (χ4v) is 0.443. The molecule has 0 unspecified atom stereocenters. The Labute approximate surface area is 46.7 Å². The minimum absolute atomic E-state index is 0.0660. The first-order valence-electron chi connectivity index (χ1n) is 2.28. The molecule has 0 saturated carbocycles. The zero-order valence-corrected chi connectivity index (χ0v) is 4.27. The minimum Gasteiger partial charge on any atom is -0.395 e. The molecule has 0 aromatic carbocycles. The Morgan fingerprint density at radius 3 is 2.88 bits per heavy atom. The molecule has 0 spiro atoms. The lowest BCUT2D eigenvalue weighted by Crippen LogP contribution is -2.40. The summed E-state index contributed by atoms with van der Waals surface area (Å²) < 4.78 is 0. The summed E-state index contributed by atoms with van der Waals surface area (Å²) in [5.74, 6) is -0.0660. The number of hydrogen-bond acceptors (Lipinski definition) is 4. The van der Waals surface area contributed by atoms with Crippen LogP contribution < -0.4 is 16.6 Å². The maximum absolute atomic E-state index is 10.5. The monoisotopic (exact) mass is 113 g/mol. The molecule has 0 radical (unpaired) electrons. The normalized spacial score (nSPS) is 19.5. The van der Waals surface area contributed by atoms with Gasteiger partial charge in [0.15, 0.2) is 5.78 Å². The van der Waals surface area contributed by atoms with Crippen molar-refractivity contribution in [1.82, 2.24) is 10.9 Å². The van der Waals surface area contributed by atoms with E-state index in [-0.39, 0.29) is 18.0 Å². The molecule has 8 heavy (non-hydrogen) atoms. The van der Waals surface area contributed by atoms with Crippen molar-refractivity contribution < 1.29 is 4.79 Å². The van der Waals surface area contributed by atoms with Gasteiger partial charge in [0.05, 0.1) is 12.2 Å². The van der Waals surface area contributed by atoms with E-state index in [1.165, 1.54) is 6.20 Å². The first-order chi connectivity index (χ1) is 3.80. The number of hydrazine groups is 1. The number of ketones is 1. The summed E-state index contributed by atoms with van der Waals surface area (Å²) in [6.45, 7) is 0.280. The number of carbonyl (C=O) groups excluding carboxylic acids is 1. The molecule has 0 saturated heterocycles. The van der Waals surface area contributed by atoms with E-state index in [0.29, 0.717) is 0 Å². The van der Waals surface area contributed by atoms with E-state index in [2.05, 4.69) is 10.9 Å². The van der Waals surface area contributed by atoms with Crippen LogP contribution in [-0.2, 0) is 4.79 Å². The van der Waals surface area contributed by atoms with Crippen molar-refractivity contribution in [1.29, 1.82) is 0 Å². The van der Waals surface area contributed by atoms with E-state index in [1.807, 2.05) is 0 Å². The number of hydrogen-bond donors (Lipinski definition) is 3. The maximum Gasteiger partial charge on any atom is 0.195 e. The molecule has 1 aliphatic rings. The van der Waals surface area contributed by atoms with Crippen molar-refractivity contribution >= 4 is 5.78 Å². The first-order valence-corrected chi connectivity index (χ1v) is 2.28. The number of Topliss-reactive ketones (excluding diaryl/α,β-unsaturated/α-hetero) is 1.